The lowest BCUT2D eigenvalue weighted by molar-refractivity contribution is -0.120. The lowest BCUT2D eigenvalue weighted by Gasteiger charge is -2.18. The van der Waals surface area contributed by atoms with Crippen molar-refractivity contribution in [2.45, 2.75) is 44.1 Å². The molecule has 1 atom stereocenters. The second-order valence-corrected chi connectivity index (χ2v) is 7.22. The SMILES string of the molecule is CCNC(=O)[C@H](C)Sc1nc2cc(Cl)ccc2c(=O)n1C(C)C. The van der Waals surface area contributed by atoms with Crippen LogP contribution < -0.4 is 10.9 Å². The Morgan fingerprint density at radius 2 is 2.09 bits per heavy atom. The van der Waals surface area contributed by atoms with Crippen LogP contribution in [0.4, 0.5) is 0 Å². The minimum absolute atomic E-state index is 0.0565. The Balaban J connectivity index is 2.55. The highest BCUT2D eigenvalue weighted by atomic mass is 35.5. The van der Waals surface area contributed by atoms with Crippen molar-refractivity contribution in [2.24, 2.45) is 0 Å². The van der Waals surface area contributed by atoms with Crippen molar-refractivity contribution >= 4 is 40.2 Å². The summed E-state index contributed by atoms with van der Waals surface area (Å²) in [7, 11) is 0. The fourth-order valence-corrected chi connectivity index (χ4v) is 3.45. The molecule has 1 aromatic carbocycles. The number of amides is 1. The molecule has 0 saturated carbocycles. The van der Waals surface area contributed by atoms with Crippen LogP contribution in [0.2, 0.25) is 5.02 Å². The van der Waals surface area contributed by atoms with Crippen molar-refractivity contribution < 1.29 is 4.79 Å². The molecule has 1 aromatic heterocycles. The number of carbonyl (C=O) groups is 1. The second kappa shape index (κ2) is 7.36. The fraction of sp³-hybridized carbons (Fsp3) is 0.438. The molecule has 5 nitrogen and oxygen atoms in total. The first-order chi connectivity index (χ1) is 10.8. The van der Waals surface area contributed by atoms with E-state index in [0.29, 0.717) is 27.6 Å². The Labute approximate surface area is 144 Å². The molecule has 0 aliphatic carbocycles. The molecule has 0 aliphatic rings. The van der Waals surface area contributed by atoms with Crippen LogP contribution >= 0.6 is 23.4 Å². The van der Waals surface area contributed by atoms with E-state index in [4.69, 9.17) is 11.6 Å². The van der Waals surface area contributed by atoms with Crippen LogP contribution in [-0.4, -0.2) is 27.3 Å². The van der Waals surface area contributed by atoms with Crippen molar-refractivity contribution in [3.8, 4) is 0 Å². The third kappa shape index (κ3) is 3.87. The number of rotatable bonds is 5. The first-order valence-corrected chi connectivity index (χ1v) is 8.77. The molecule has 23 heavy (non-hydrogen) atoms. The van der Waals surface area contributed by atoms with Gasteiger partial charge in [0.15, 0.2) is 5.16 Å². The zero-order valence-electron chi connectivity index (χ0n) is 13.6. The maximum Gasteiger partial charge on any atom is 0.262 e. The average Bonchev–Trinajstić information content (AvgIpc) is 2.46. The third-order valence-electron chi connectivity index (χ3n) is 3.35. The van der Waals surface area contributed by atoms with Gasteiger partial charge in [-0.15, -0.1) is 0 Å². The molecule has 0 spiro atoms. The van der Waals surface area contributed by atoms with E-state index in [9.17, 15) is 9.59 Å². The lowest BCUT2D eigenvalue weighted by atomic mass is 10.2. The highest BCUT2D eigenvalue weighted by Crippen LogP contribution is 2.25. The van der Waals surface area contributed by atoms with Crippen molar-refractivity contribution in [1.29, 1.82) is 0 Å². The molecule has 7 heteroatoms. The van der Waals surface area contributed by atoms with Gasteiger partial charge in [0, 0.05) is 17.6 Å². The largest absolute Gasteiger partial charge is 0.355 e. The average molecular weight is 354 g/mol. The maximum absolute atomic E-state index is 12.7. The predicted molar refractivity (Wildman–Crippen MR) is 95.4 cm³/mol. The Hall–Kier alpha value is -1.53. The van der Waals surface area contributed by atoms with Crippen LogP contribution in [0.1, 0.15) is 33.7 Å². The summed E-state index contributed by atoms with van der Waals surface area (Å²) < 4.78 is 1.62. The van der Waals surface area contributed by atoms with Gasteiger partial charge < -0.3 is 5.32 Å². The van der Waals surface area contributed by atoms with E-state index in [-0.39, 0.29) is 22.8 Å². The van der Waals surface area contributed by atoms with Gasteiger partial charge in [-0.3, -0.25) is 14.2 Å². The molecule has 0 unspecified atom stereocenters. The Kier molecular flexibility index (Phi) is 5.70. The van der Waals surface area contributed by atoms with Gasteiger partial charge >= 0.3 is 0 Å². The van der Waals surface area contributed by atoms with Gasteiger partial charge in [0.25, 0.3) is 5.56 Å². The van der Waals surface area contributed by atoms with Crippen LogP contribution in [0.3, 0.4) is 0 Å². The van der Waals surface area contributed by atoms with Gasteiger partial charge in [-0.2, -0.15) is 0 Å². The van der Waals surface area contributed by atoms with E-state index < -0.39 is 0 Å². The van der Waals surface area contributed by atoms with Crippen LogP contribution in [0, 0.1) is 0 Å². The van der Waals surface area contributed by atoms with E-state index >= 15 is 0 Å². The Morgan fingerprint density at radius 1 is 1.39 bits per heavy atom. The summed E-state index contributed by atoms with van der Waals surface area (Å²) in [4.78, 5) is 29.3. The van der Waals surface area contributed by atoms with E-state index in [0.717, 1.165) is 0 Å². The Bertz CT molecular complexity index is 789. The van der Waals surface area contributed by atoms with Gasteiger partial charge in [-0.25, -0.2) is 4.98 Å². The van der Waals surface area contributed by atoms with Crippen molar-refractivity contribution in [2.75, 3.05) is 6.54 Å². The summed E-state index contributed by atoms with van der Waals surface area (Å²) >= 11 is 7.28. The molecule has 2 aromatic rings. The number of fused-ring (bicyclic) bond motifs is 1. The topological polar surface area (TPSA) is 64.0 Å². The highest BCUT2D eigenvalue weighted by molar-refractivity contribution is 8.00. The summed E-state index contributed by atoms with van der Waals surface area (Å²) in [6, 6.07) is 4.98. The molecule has 2 rings (SSSR count). The number of aromatic nitrogens is 2. The summed E-state index contributed by atoms with van der Waals surface area (Å²) in [5.41, 5.74) is 0.428. The quantitative estimate of drug-likeness (QED) is 0.662. The number of halogens is 1. The minimum Gasteiger partial charge on any atom is -0.355 e. The smallest absolute Gasteiger partial charge is 0.262 e. The lowest BCUT2D eigenvalue weighted by Crippen LogP contribution is -2.32. The predicted octanol–water partition coefficient (Wildman–Crippen LogP) is 3.25. The fourth-order valence-electron chi connectivity index (χ4n) is 2.22. The van der Waals surface area contributed by atoms with Crippen LogP contribution in [-0.2, 0) is 4.79 Å². The summed E-state index contributed by atoms with van der Waals surface area (Å²) in [5, 5.41) is 4.01. The molecule has 1 heterocycles. The van der Waals surface area contributed by atoms with Gasteiger partial charge in [0.05, 0.1) is 16.2 Å². The number of benzene rings is 1. The summed E-state index contributed by atoms with van der Waals surface area (Å²) in [6.07, 6.45) is 0. The van der Waals surface area contributed by atoms with Gasteiger partial charge in [-0.05, 0) is 45.9 Å². The minimum atomic E-state index is -0.344. The molecule has 0 aliphatic heterocycles. The number of nitrogens with zero attached hydrogens (tertiary/aromatic N) is 2. The standard InChI is InChI=1S/C16H20ClN3O2S/c1-5-18-14(21)10(4)23-16-19-13-8-11(17)6-7-12(13)15(22)20(16)9(2)3/h6-10H,5H2,1-4H3,(H,18,21)/t10-/m0/s1. The first kappa shape index (κ1) is 17.8. The highest BCUT2D eigenvalue weighted by Gasteiger charge is 2.20. The molecular formula is C16H20ClN3O2S. The molecule has 1 N–H and O–H groups in total. The molecule has 0 saturated heterocycles. The van der Waals surface area contributed by atoms with Crippen molar-refractivity contribution in [1.82, 2.24) is 14.9 Å². The maximum atomic E-state index is 12.7. The monoisotopic (exact) mass is 353 g/mol. The molecular weight excluding hydrogens is 334 g/mol. The van der Waals surface area contributed by atoms with Crippen molar-refractivity contribution in [3.05, 3.63) is 33.6 Å². The molecule has 0 bridgehead atoms. The number of thioether (sulfide) groups is 1. The van der Waals surface area contributed by atoms with Crippen LogP contribution in [0.5, 0.6) is 0 Å². The van der Waals surface area contributed by atoms with E-state index in [1.54, 1.807) is 29.7 Å². The summed E-state index contributed by atoms with van der Waals surface area (Å²) in [6.45, 7) is 8.09. The third-order valence-corrected chi connectivity index (χ3v) is 4.65. The van der Waals surface area contributed by atoms with E-state index in [1.165, 1.54) is 11.8 Å². The molecule has 0 radical (unpaired) electrons. The normalized spacial score (nSPS) is 12.6. The van der Waals surface area contributed by atoms with Crippen LogP contribution in [0.25, 0.3) is 10.9 Å². The summed E-state index contributed by atoms with van der Waals surface area (Å²) in [5.74, 6) is -0.0757. The number of carbonyl (C=O) groups excluding carboxylic acids is 1. The number of nitrogens with one attached hydrogen (secondary N) is 1. The molecule has 1 amide bonds. The van der Waals surface area contributed by atoms with Crippen LogP contribution in [0.15, 0.2) is 28.2 Å². The van der Waals surface area contributed by atoms with Gasteiger partial charge in [-0.1, -0.05) is 23.4 Å². The zero-order valence-corrected chi connectivity index (χ0v) is 15.2. The molecule has 0 fully saturated rings. The van der Waals surface area contributed by atoms with Gasteiger partial charge in [0.1, 0.15) is 0 Å². The van der Waals surface area contributed by atoms with Crippen molar-refractivity contribution in [3.63, 3.8) is 0 Å². The second-order valence-electron chi connectivity index (χ2n) is 5.48. The van der Waals surface area contributed by atoms with Gasteiger partial charge in [0.2, 0.25) is 5.91 Å². The number of hydrogen-bond acceptors (Lipinski definition) is 4. The van der Waals surface area contributed by atoms with E-state index in [1.807, 2.05) is 20.8 Å². The Morgan fingerprint density at radius 3 is 2.70 bits per heavy atom. The van der Waals surface area contributed by atoms with E-state index in [2.05, 4.69) is 10.3 Å². The zero-order chi connectivity index (χ0) is 17.1. The molecule has 124 valence electrons. The first-order valence-electron chi connectivity index (χ1n) is 7.51. The number of hydrogen-bond donors (Lipinski definition) is 1.